The van der Waals surface area contributed by atoms with Crippen LogP contribution in [0.3, 0.4) is 0 Å². The molecular formula is C21H37F. The molecule has 3 fully saturated rings. The van der Waals surface area contributed by atoms with Crippen molar-refractivity contribution < 1.29 is 4.39 Å². The molecule has 0 saturated heterocycles. The Kier molecular flexibility index (Phi) is 5.85. The molecule has 0 heterocycles. The molecule has 0 radical (unpaired) electrons. The van der Waals surface area contributed by atoms with Crippen LogP contribution in [0, 0.1) is 35.5 Å². The van der Waals surface area contributed by atoms with E-state index in [0.717, 1.165) is 24.2 Å². The Labute approximate surface area is 137 Å². The first kappa shape index (κ1) is 16.8. The van der Waals surface area contributed by atoms with Crippen LogP contribution in [0.1, 0.15) is 90.9 Å². The lowest BCUT2D eigenvalue weighted by atomic mass is 9.66. The lowest BCUT2D eigenvalue weighted by Gasteiger charge is -2.41. The van der Waals surface area contributed by atoms with Gasteiger partial charge in [0.15, 0.2) is 0 Å². The van der Waals surface area contributed by atoms with Crippen LogP contribution in [-0.4, -0.2) is 6.17 Å². The number of hydrogen-bond acceptors (Lipinski definition) is 0. The molecule has 5 atom stereocenters. The van der Waals surface area contributed by atoms with Gasteiger partial charge in [-0.3, -0.25) is 0 Å². The Balaban J connectivity index is 1.51. The minimum Gasteiger partial charge on any atom is -0.247 e. The van der Waals surface area contributed by atoms with Gasteiger partial charge in [0.25, 0.3) is 0 Å². The number of alkyl halides is 1. The topological polar surface area (TPSA) is 0 Å². The van der Waals surface area contributed by atoms with Crippen LogP contribution in [0.5, 0.6) is 0 Å². The van der Waals surface area contributed by atoms with E-state index in [1.165, 1.54) is 70.6 Å². The van der Waals surface area contributed by atoms with Gasteiger partial charge in [-0.25, -0.2) is 4.39 Å². The normalized spacial score (nSPS) is 47.9. The maximum absolute atomic E-state index is 14.9. The van der Waals surface area contributed by atoms with E-state index in [4.69, 9.17) is 0 Å². The monoisotopic (exact) mass is 308 g/mol. The first-order chi connectivity index (χ1) is 10.6. The molecule has 0 aromatic heterocycles. The fraction of sp³-hybridized carbons (Fsp3) is 1.00. The van der Waals surface area contributed by atoms with Crippen molar-refractivity contribution in [2.45, 2.75) is 97.1 Å². The lowest BCUT2D eigenvalue weighted by Crippen LogP contribution is -2.35. The smallest absolute Gasteiger partial charge is 0.103 e. The van der Waals surface area contributed by atoms with Crippen molar-refractivity contribution in [1.29, 1.82) is 0 Å². The Hall–Kier alpha value is -0.0700. The van der Waals surface area contributed by atoms with E-state index in [2.05, 4.69) is 13.8 Å². The van der Waals surface area contributed by atoms with Crippen molar-refractivity contribution in [2.24, 2.45) is 35.5 Å². The van der Waals surface area contributed by atoms with Gasteiger partial charge in [-0.1, -0.05) is 52.4 Å². The summed E-state index contributed by atoms with van der Waals surface area (Å²) in [6.45, 7) is 4.77. The van der Waals surface area contributed by atoms with Gasteiger partial charge < -0.3 is 0 Å². The average Bonchev–Trinajstić information content (AvgIpc) is 2.73. The molecule has 1 heteroatoms. The second kappa shape index (κ2) is 7.67. The van der Waals surface area contributed by atoms with Crippen LogP contribution in [0.15, 0.2) is 0 Å². The zero-order valence-electron chi connectivity index (χ0n) is 14.9. The summed E-state index contributed by atoms with van der Waals surface area (Å²) in [5.74, 6) is 4.47. The molecular weight excluding hydrogens is 271 g/mol. The van der Waals surface area contributed by atoms with Crippen molar-refractivity contribution in [3.05, 3.63) is 0 Å². The van der Waals surface area contributed by atoms with Crippen LogP contribution in [0.4, 0.5) is 4.39 Å². The van der Waals surface area contributed by atoms with E-state index in [9.17, 15) is 4.39 Å². The van der Waals surface area contributed by atoms with E-state index in [0.29, 0.717) is 17.8 Å². The second-order valence-corrected chi connectivity index (χ2v) is 9.15. The minimum atomic E-state index is -0.488. The van der Waals surface area contributed by atoms with Gasteiger partial charge in [0, 0.05) is 0 Å². The molecule has 22 heavy (non-hydrogen) atoms. The molecule has 3 aliphatic rings. The average molecular weight is 309 g/mol. The molecule has 3 saturated carbocycles. The van der Waals surface area contributed by atoms with Crippen LogP contribution in [-0.2, 0) is 0 Å². The van der Waals surface area contributed by atoms with Crippen LogP contribution < -0.4 is 0 Å². The highest BCUT2D eigenvalue weighted by molar-refractivity contribution is 4.89. The molecule has 0 spiro atoms. The fourth-order valence-electron chi connectivity index (χ4n) is 5.83. The highest BCUT2D eigenvalue weighted by atomic mass is 19.1. The van der Waals surface area contributed by atoms with Gasteiger partial charge in [-0.05, 0) is 74.0 Å². The molecule has 0 aromatic rings. The molecule has 0 aliphatic heterocycles. The highest BCUT2D eigenvalue weighted by Gasteiger charge is 2.39. The Bertz CT molecular complexity index is 331. The summed E-state index contributed by atoms with van der Waals surface area (Å²) in [5, 5.41) is 0. The van der Waals surface area contributed by atoms with E-state index in [-0.39, 0.29) is 0 Å². The quantitative estimate of drug-likeness (QED) is 0.493. The second-order valence-electron chi connectivity index (χ2n) is 9.15. The maximum Gasteiger partial charge on any atom is 0.103 e. The third kappa shape index (κ3) is 4.06. The maximum atomic E-state index is 14.9. The van der Waals surface area contributed by atoms with Gasteiger partial charge in [0.1, 0.15) is 6.17 Å². The summed E-state index contributed by atoms with van der Waals surface area (Å²) in [5.41, 5.74) is 0. The summed E-state index contributed by atoms with van der Waals surface area (Å²) >= 11 is 0. The third-order valence-corrected chi connectivity index (χ3v) is 7.50. The van der Waals surface area contributed by atoms with Crippen LogP contribution in [0.25, 0.3) is 0 Å². The molecule has 0 aromatic carbocycles. The highest BCUT2D eigenvalue weighted by Crippen LogP contribution is 2.46. The van der Waals surface area contributed by atoms with E-state index >= 15 is 0 Å². The molecule has 3 rings (SSSR count). The van der Waals surface area contributed by atoms with Crippen molar-refractivity contribution >= 4 is 0 Å². The Morgan fingerprint density at radius 2 is 1.18 bits per heavy atom. The van der Waals surface area contributed by atoms with E-state index < -0.39 is 6.17 Å². The van der Waals surface area contributed by atoms with E-state index in [1.807, 2.05) is 0 Å². The molecule has 0 nitrogen and oxygen atoms in total. The first-order valence-corrected chi connectivity index (χ1v) is 10.3. The molecule has 5 unspecified atom stereocenters. The summed E-state index contributed by atoms with van der Waals surface area (Å²) in [4.78, 5) is 0. The largest absolute Gasteiger partial charge is 0.247 e. The Morgan fingerprint density at radius 1 is 0.591 bits per heavy atom. The standard InChI is InChI=1S/C21H37F/c1-15-4-3-5-17(9-6-15)19-12-13-20(21(22)14-19)18-10-7-16(2)8-11-18/h15-21H,3-14H2,1-2H3. The first-order valence-electron chi connectivity index (χ1n) is 10.3. The number of hydrogen-bond donors (Lipinski definition) is 0. The fourth-order valence-corrected chi connectivity index (χ4v) is 5.83. The zero-order chi connectivity index (χ0) is 15.5. The molecule has 0 N–H and O–H groups in total. The zero-order valence-corrected chi connectivity index (χ0v) is 14.9. The number of halogens is 1. The molecule has 0 bridgehead atoms. The van der Waals surface area contributed by atoms with E-state index in [1.54, 1.807) is 0 Å². The van der Waals surface area contributed by atoms with Crippen molar-refractivity contribution in [1.82, 2.24) is 0 Å². The van der Waals surface area contributed by atoms with Crippen molar-refractivity contribution in [3.8, 4) is 0 Å². The molecule has 3 aliphatic carbocycles. The van der Waals surface area contributed by atoms with Crippen LogP contribution in [0.2, 0.25) is 0 Å². The molecule has 0 amide bonds. The van der Waals surface area contributed by atoms with Gasteiger partial charge in [-0.2, -0.15) is 0 Å². The summed E-state index contributed by atoms with van der Waals surface area (Å²) < 4.78 is 14.9. The van der Waals surface area contributed by atoms with Crippen LogP contribution >= 0.6 is 0 Å². The summed E-state index contributed by atoms with van der Waals surface area (Å²) in [6.07, 6.45) is 15.2. The SMILES string of the molecule is CC1CCCC(C2CCC(C3CCC(C)CC3)C(F)C2)CC1. The number of rotatable bonds is 2. The third-order valence-electron chi connectivity index (χ3n) is 7.50. The van der Waals surface area contributed by atoms with Gasteiger partial charge in [0.2, 0.25) is 0 Å². The molecule has 128 valence electrons. The summed E-state index contributed by atoms with van der Waals surface area (Å²) in [6, 6.07) is 0. The summed E-state index contributed by atoms with van der Waals surface area (Å²) in [7, 11) is 0. The Morgan fingerprint density at radius 3 is 1.86 bits per heavy atom. The predicted octanol–water partition coefficient (Wildman–Crippen LogP) is 6.78. The van der Waals surface area contributed by atoms with Crippen molar-refractivity contribution in [2.75, 3.05) is 0 Å². The van der Waals surface area contributed by atoms with Gasteiger partial charge in [-0.15, -0.1) is 0 Å². The van der Waals surface area contributed by atoms with Crippen molar-refractivity contribution in [3.63, 3.8) is 0 Å². The lowest BCUT2D eigenvalue weighted by molar-refractivity contribution is 0.0413. The van der Waals surface area contributed by atoms with Gasteiger partial charge >= 0.3 is 0 Å². The minimum absolute atomic E-state index is 0.411. The van der Waals surface area contributed by atoms with Gasteiger partial charge in [0.05, 0.1) is 0 Å². The predicted molar refractivity (Wildman–Crippen MR) is 92.6 cm³/mol.